The Morgan fingerprint density at radius 1 is 1.29 bits per heavy atom. The molecule has 1 unspecified atom stereocenters. The molecule has 0 fully saturated rings. The lowest BCUT2D eigenvalue weighted by Crippen LogP contribution is -2.13. The molecule has 1 aliphatic carbocycles. The SMILES string of the molecule is Cc1cccc2c1C(=Cc1cc3c([nH]1)CCCC3C(C)C)C(=O)N2. The van der Waals surface area contributed by atoms with Crippen LogP contribution in [0.2, 0.25) is 0 Å². The number of fused-ring (bicyclic) bond motifs is 2. The van der Waals surface area contributed by atoms with E-state index >= 15 is 0 Å². The fourth-order valence-electron chi connectivity index (χ4n) is 4.23. The molecule has 3 heteroatoms. The Kier molecular flexibility index (Phi) is 3.60. The van der Waals surface area contributed by atoms with E-state index in [4.69, 9.17) is 0 Å². The minimum absolute atomic E-state index is 0.00715. The quantitative estimate of drug-likeness (QED) is 0.760. The maximum absolute atomic E-state index is 12.4. The Morgan fingerprint density at radius 3 is 2.92 bits per heavy atom. The third kappa shape index (κ3) is 2.39. The van der Waals surface area contributed by atoms with Crippen molar-refractivity contribution in [3.63, 3.8) is 0 Å². The summed E-state index contributed by atoms with van der Waals surface area (Å²) in [4.78, 5) is 16.0. The van der Waals surface area contributed by atoms with Crippen LogP contribution >= 0.6 is 0 Å². The first kappa shape index (κ1) is 15.3. The van der Waals surface area contributed by atoms with Crippen LogP contribution in [-0.2, 0) is 11.2 Å². The lowest BCUT2D eigenvalue weighted by atomic mass is 9.80. The van der Waals surface area contributed by atoms with Gasteiger partial charge >= 0.3 is 0 Å². The van der Waals surface area contributed by atoms with Crippen molar-refractivity contribution < 1.29 is 4.79 Å². The number of carbonyl (C=O) groups excluding carboxylic acids is 1. The average molecular weight is 320 g/mol. The molecule has 3 nitrogen and oxygen atoms in total. The maximum atomic E-state index is 12.4. The maximum Gasteiger partial charge on any atom is 0.256 e. The van der Waals surface area contributed by atoms with Gasteiger partial charge in [-0.05, 0) is 67.4 Å². The van der Waals surface area contributed by atoms with Crippen LogP contribution in [0.5, 0.6) is 0 Å². The van der Waals surface area contributed by atoms with E-state index in [1.807, 2.05) is 18.2 Å². The Balaban J connectivity index is 1.77. The zero-order valence-corrected chi connectivity index (χ0v) is 14.6. The van der Waals surface area contributed by atoms with Gasteiger partial charge in [-0.25, -0.2) is 0 Å². The van der Waals surface area contributed by atoms with Crippen molar-refractivity contribution in [1.82, 2.24) is 4.98 Å². The highest BCUT2D eigenvalue weighted by atomic mass is 16.2. The smallest absolute Gasteiger partial charge is 0.256 e. The van der Waals surface area contributed by atoms with E-state index < -0.39 is 0 Å². The van der Waals surface area contributed by atoms with Crippen LogP contribution in [0.4, 0.5) is 5.69 Å². The van der Waals surface area contributed by atoms with E-state index in [0.717, 1.165) is 34.5 Å². The van der Waals surface area contributed by atoms with Crippen molar-refractivity contribution in [2.24, 2.45) is 5.92 Å². The number of carbonyl (C=O) groups is 1. The number of hydrogen-bond acceptors (Lipinski definition) is 1. The zero-order chi connectivity index (χ0) is 16.8. The summed E-state index contributed by atoms with van der Waals surface area (Å²) >= 11 is 0. The number of benzene rings is 1. The number of hydrogen-bond donors (Lipinski definition) is 2. The van der Waals surface area contributed by atoms with Gasteiger partial charge in [0.15, 0.2) is 0 Å². The van der Waals surface area contributed by atoms with Gasteiger partial charge in [-0.3, -0.25) is 4.79 Å². The summed E-state index contributed by atoms with van der Waals surface area (Å²) in [5.74, 6) is 1.27. The molecule has 1 atom stereocenters. The summed E-state index contributed by atoms with van der Waals surface area (Å²) in [6, 6.07) is 8.27. The first-order chi connectivity index (χ1) is 11.5. The molecular formula is C21H24N2O. The molecule has 124 valence electrons. The fraction of sp³-hybridized carbons (Fsp3) is 0.381. The molecule has 1 amide bonds. The lowest BCUT2D eigenvalue weighted by Gasteiger charge is -2.25. The van der Waals surface area contributed by atoms with Gasteiger partial charge in [0.25, 0.3) is 5.91 Å². The molecule has 0 bridgehead atoms. The number of anilines is 1. The molecule has 1 aliphatic heterocycles. The number of amides is 1. The van der Waals surface area contributed by atoms with Gasteiger partial charge in [-0.1, -0.05) is 26.0 Å². The molecule has 0 saturated heterocycles. The number of aryl methyl sites for hydroxylation is 2. The average Bonchev–Trinajstić information content (AvgIpc) is 3.08. The zero-order valence-electron chi connectivity index (χ0n) is 14.6. The van der Waals surface area contributed by atoms with Gasteiger partial charge in [-0.2, -0.15) is 0 Å². The van der Waals surface area contributed by atoms with Gasteiger partial charge in [0.05, 0.1) is 5.57 Å². The van der Waals surface area contributed by atoms with E-state index in [1.54, 1.807) is 0 Å². The fourth-order valence-corrected chi connectivity index (χ4v) is 4.23. The molecule has 0 spiro atoms. The molecule has 2 N–H and O–H groups in total. The number of aromatic amines is 1. The summed E-state index contributed by atoms with van der Waals surface area (Å²) in [5.41, 5.74) is 7.71. The van der Waals surface area contributed by atoms with Gasteiger partial charge in [0.2, 0.25) is 0 Å². The minimum Gasteiger partial charge on any atom is -0.359 e. The predicted octanol–water partition coefficient (Wildman–Crippen LogP) is 4.89. The highest BCUT2D eigenvalue weighted by Gasteiger charge is 2.27. The number of aromatic nitrogens is 1. The van der Waals surface area contributed by atoms with Crippen LogP contribution in [0.1, 0.15) is 60.7 Å². The highest BCUT2D eigenvalue weighted by molar-refractivity contribution is 6.35. The van der Waals surface area contributed by atoms with Crippen LogP contribution in [0, 0.1) is 12.8 Å². The predicted molar refractivity (Wildman–Crippen MR) is 99.0 cm³/mol. The van der Waals surface area contributed by atoms with Crippen molar-refractivity contribution in [3.05, 3.63) is 52.3 Å². The number of H-pyrrole nitrogens is 1. The van der Waals surface area contributed by atoms with Gasteiger partial charge in [0.1, 0.15) is 0 Å². The van der Waals surface area contributed by atoms with Crippen molar-refractivity contribution in [1.29, 1.82) is 0 Å². The molecule has 2 heterocycles. The molecule has 0 radical (unpaired) electrons. The number of rotatable bonds is 2. The van der Waals surface area contributed by atoms with E-state index in [9.17, 15) is 4.79 Å². The molecule has 4 rings (SSSR count). The van der Waals surface area contributed by atoms with E-state index in [0.29, 0.717) is 11.8 Å². The third-order valence-electron chi connectivity index (χ3n) is 5.44. The monoisotopic (exact) mass is 320 g/mol. The van der Waals surface area contributed by atoms with Crippen LogP contribution in [0.3, 0.4) is 0 Å². The molecule has 2 aliphatic rings. The molecular weight excluding hydrogens is 296 g/mol. The van der Waals surface area contributed by atoms with Gasteiger partial charge in [0, 0.05) is 22.6 Å². The Hall–Kier alpha value is -2.29. The Bertz CT molecular complexity index is 842. The summed E-state index contributed by atoms with van der Waals surface area (Å²) in [7, 11) is 0. The van der Waals surface area contributed by atoms with E-state index in [2.05, 4.69) is 43.2 Å². The summed E-state index contributed by atoms with van der Waals surface area (Å²) in [5, 5.41) is 2.98. The van der Waals surface area contributed by atoms with Crippen molar-refractivity contribution in [2.45, 2.75) is 46.0 Å². The van der Waals surface area contributed by atoms with Crippen LogP contribution in [0.15, 0.2) is 24.3 Å². The second-order valence-corrected chi connectivity index (χ2v) is 7.41. The normalized spacial score (nSPS) is 21.1. The highest BCUT2D eigenvalue weighted by Crippen LogP contribution is 2.39. The summed E-state index contributed by atoms with van der Waals surface area (Å²) in [6.45, 7) is 6.66. The molecule has 0 saturated carbocycles. The topological polar surface area (TPSA) is 44.9 Å². The van der Waals surface area contributed by atoms with Crippen molar-refractivity contribution in [2.75, 3.05) is 5.32 Å². The molecule has 1 aromatic carbocycles. The largest absolute Gasteiger partial charge is 0.359 e. The number of nitrogens with one attached hydrogen (secondary N) is 2. The Morgan fingerprint density at radius 2 is 2.12 bits per heavy atom. The second-order valence-electron chi connectivity index (χ2n) is 7.41. The Labute approximate surface area is 143 Å². The van der Waals surface area contributed by atoms with Crippen LogP contribution in [-0.4, -0.2) is 10.9 Å². The van der Waals surface area contributed by atoms with E-state index in [-0.39, 0.29) is 5.91 Å². The van der Waals surface area contributed by atoms with Gasteiger partial charge in [-0.15, -0.1) is 0 Å². The molecule has 24 heavy (non-hydrogen) atoms. The lowest BCUT2D eigenvalue weighted by molar-refractivity contribution is -0.110. The minimum atomic E-state index is -0.00715. The summed E-state index contributed by atoms with van der Waals surface area (Å²) in [6.07, 6.45) is 5.64. The second kappa shape index (κ2) is 5.66. The van der Waals surface area contributed by atoms with Gasteiger partial charge < -0.3 is 10.3 Å². The third-order valence-corrected chi connectivity index (χ3v) is 5.44. The van der Waals surface area contributed by atoms with Crippen LogP contribution < -0.4 is 5.32 Å². The first-order valence-electron chi connectivity index (χ1n) is 8.89. The summed E-state index contributed by atoms with van der Waals surface area (Å²) < 4.78 is 0. The van der Waals surface area contributed by atoms with Crippen molar-refractivity contribution >= 4 is 23.2 Å². The molecule has 2 aromatic rings. The van der Waals surface area contributed by atoms with Crippen LogP contribution in [0.25, 0.3) is 11.6 Å². The first-order valence-corrected chi connectivity index (χ1v) is 8.89. The van der Waals surface area contributed by atoms with E-state index in [1.165, 1.54) is 24.1 Å². The van der Waals surface area contributed by atoms with Crippen molar-refractivity contribution in [3.8, 4) is 0 Å². The standard InChI is InChI=1S/C21H24N2O/c1-12(2)15-7-5-8-18-16(15)10-14(22-18)11-17-20-13(3)6-4-9-19(20)23-21(17)24/h4,6,9-12,15,22H,5,7-8H2,1-3H3,(H,23,24). The molecule has 1 aromatic heterocycles.